The summed E-state index contributed by atoms with van der Waals surface area (Å²) in [5.74, 6) is 0. The van der Waals surface area contributed by atoms with E-state index in [-0.39, 0.29) is 0 Å². The maximum Gasteiger partial charge on any atom is 0.411 e. The van der Waals surface area contributed by atoms with Gasteiger partial charge in [-0.15, -0.1) is 0 Å². The van der Waals surface area contributed by atoms with E-state index in [2.05, 4.69) is 10.3 Å². The van der Waals surface area contributed by atoms with Gasteiger partial charge in [0.25, 0.3) is 0 Å². The molecule has 1 aromatic rings. The lowest BCUT2D eigenvalue weighted by Gasteiger charge is -1.96. The minimum absolute atomic E-state index is 0.300. The predicted molar refractivity (Wildman–Crippen MR) is 51.4 cm³/mol. The van der Waals surface area contributed by atoms with E-state index in [0.717, 1.165) is 17.1 Å². The summed E-state index contributed by atoms with van der Waals surface area (Å²) in [5, 5.41) is 2.58. The zero-order chi connectivity index (χ0) is 9.97. The van der Waals surface area contributed by atoms with Gasteiger partial charge in [-0.05, 0) is 25.1 Å². The van der Waals surface area contributed by atoms with Crippen molar-refractivity contribution in [2.45, 2.75) is 6.92 Å². The highest BCUT2D eigenvalue weighted by Gasteiger charge is 2.14. The van der Waals surface area contributed by atoms with E-state index < -0.39 is 6.09 Å². The minimum Gasteiger partial charge on any atom is -0.443 e. The molecule has 1 aliphatic heterocycles. The Labute approximate surface area is 81.6 Å². The van der Waals surface area contributed by atoms with Crippen LogP contribution >= 0.6 is 0 Å². The zero-order valence-corrected chi connectivity index (χ0v) is 7.78. The molecule has 1 aromatic heterocycles. The van der Waals surface area contributed by atoms with Crippen molar-refractivity contribution in [1.82, 2.24) is 10.3 Å². The molecule has 2 rings (SSSR count). The van der Waals surface area contributed by atoms with E-state index in [9.17, 15) is 4.79 Å². The normalized spacial score (nSPS) is 18.1. The molecule has 1 amide bonds. The Hall–Kier alpha value is -1.84. The quantitative estimate of drug-likeness (QED) is 0.729. The zero-order valence-electron chi connectivity index (χ0n) is 7.78. The Morgan fingerprint density at radius 1 is 1.57 bits per heavy atom. The number of cyclic esters (lactones) is 1. The van der Waals surface area contributed by atoms with Crippen LogP contribution in [0.3, 0.4) is 0 Å². The first kappa shape index (κ1) is 8.74. The maximum atomic E-state index is 10.7. The molecule has 1 aliphatic rings. The molecular formula is C10H10N2O2. The highest BCUT2D eigenvalue weighted by Crippen LogP contribution is 2.07. The summed E-state index contributed by atoms with van der Waals surface area (Å²) in [6.07, 6.45) is 1.40. The van der Waals surface area contributed by atoms with Crippen LogP contribution in [0.2, 0.25) is 0 Å². The first-order valence-electron chi connectivity index (χ1n) is 4.32. The van der Waals surface area contributed by atoms with Crippen molar-refractivity contribution >= 4 is 12.2 Å². The topological polar surface area (TPSA) is 51.2 Å². The number of rotatable bonds is 1. The number of ether oxygens (including phenoxy) is 1. The van der Waals surface area contributed by atoms with Gasteiger partial charge in [0.1, 0.15) is 6.61 Å². The van der Waals surface area contributed by atoms with Gasteiger partial charge < -0.3 is 4.74 Å². The Kier molecular flexibility index (Phi) is 2.18. The second-order valence-electron chi connectivity index (χ2n) is 3.07. The lowest BCUT2D eigenvalue weighted by atomic mass is 10.3. The fourth-order valence-electron chi connectivity index (χ4n) is 1.25. The minimum atomic E-state index is -0.399. The van der Waals surface area contributed by atoms with Gasteiger partial charge in [-0.3, -0.25) is 10.3 Å². The lowest BCUT2D eigenvalue weighted by molar-refractivity contribution is 0.179. The molecule has 1 fully saturated rings. The van der Waals surface area contributed by atoms with Crippen molar-refractivity contribution in [3.05, 3.63) is 35.3 Å². The van der Waals surface area contributed by atoms with Crippen molar-refractivity contribution in [2.24, 2.45) is 0 Å². The monoisotopic (exact) mass is 190 g/mol. The number of carbonyl (C=O) groups excluding carboxylic acids is 1. The van der Waals surface area contributed by atoms with E-state index >= 15 is 0 Å². The molecule has 2 heterocycles. The van der Waals surface area contributed by atoms with Gasteiger partial charge in [-0.2, -0.15) is 0 Å². The van der Waals surface area contributed by atoms with Gasteiger partial charge in [0.15, 0.2) is 0 Å². The number of pyridine rings is 1. The largest absolute Gasteiger partial charge is 0.443 e. The molecule has 0 atom stereocenters. The Bertz CT molecular complexity index is 399. The second-order valence-corrected chi connectivity index (χ2v) is 3.07. The van der Waals surface area contributed by atoms with Crippen LogP contribution in [0.1, 0.15) is 11.4 Å². The van der Waals surface area contributed by atoms with E-state index in [4.69, 9.17) is 4.74 Å². The second kappa shape index (κ2) is 3.49. The third-order valence-corrected chi connectivity index (χ3v) is 1.85. The number of aryl methyl sites for hydroxylation is 1. The molecule has 4 nitrogen and oxygen atoms in total. The molecule has 0 aliphatic carbocycles. The summed E-state index contributed by atoms with van der Waals surface area (Å²) < 4.78 is 4.72. The lowest BCUT2D eigenvalue weighted by Crippen LogP contribution is -2.10. The summed E-state index contributed by atoms with van der Waals surface area (Å²) in [7, 11) is 0. The Balaban J connectivity index is 2.21. The van der Waals surface area contributed by atoms with Gasteiger partial charge in [-0.1, -0.05) is 6.07 Å². The molecule has 0 unspecified atom stereocenters. The molecule has 0 spiro atoms. The van der Waals surface area contributed by atoms with Crippen LogP contribution in [0.5, 0.6) is 0 Å². The third-order valence-electron chi connectivity index (χ3n) is 1.85. The van der Waals surface area contributed by atoms with Crippen molar-refractivity contribution in [1.29, 1.82) is 0 Å². The molecular weight excluding hydrogens is 180 g/mol. The third kappa shape index (κ3) is 1.90. The first-order chi connectivity index (χ1) is 6.74. The van der Waals surface area contributed by atoms with E-state index in [0.29, 0.717) is 6.61 Å². The van der Waals surface area contributed by atoms with Crippen LogP contribution in [0.15, 0.2) is 23.9 Å². The number of amides is 1. The molecule has 0 radical (unpaired) electrons. The van der Waals surface area contributed by atoms with Crippen molar-refractivity contribution in [3.8, 4) is 0 Å². The van der Waals surface area contributed by atoms with Crippen LogP contribution < -0.4 is 5.32 Å². The van der Waals surface area contributed by atoms with Crippen LogP contribution in [0.4, 0.5) is 4.79 Å². The summed E-state index contributed by atoms with van der Waals surface area (Å²) >= 11 is 0. The van der Waals surface area contributed by atoms with E-state index in [1.807, 2.05) is 25.1 Å². The molecule has 0 saturated carbocycles. The first-order valence-corrected chi connectivity index (χ1v) is 4.32. The summed E-state index contributed by atoms with van der Waals surface area (Å²) in [6.45, 7) is 2.22. The molecule has 0 bridgehead atoms. The molecule has 4 heteroatoms. The van der Waals surface area contributed by atoms with Crippen LogP contribution in [0.25, 0.3) is 6.08 Å². The van der Waals surface area contributed by atoms with Crippen LogP contribution in [0, 0.1) is 6.92 Å². The SMILES string of the molecule is Cc1cccc(/C=C2/COC(=O)N2)n1. The van der Waals surface area contributed by atoms with E-state index in [1.54, 1.807) is 6.08 Å². The fraction of sp³-hybridized carbons (Fsp3) is 0.200. The number of carbonyl (C=O) groups is 1. The highest BCUT2D eigenvalue weighted by atomic mass is 16.6. The summed E-state index contributed by atoms with van der Waals surface area (Å²) in [6, 6.07) is 5.72. The standard InChI is InChI=1S/C10H10N2O2/c1-7-3-2-4-8(11-7)5-9-6-14-10(13)12-9/h2-5H,6H2,1H3,(H,12,13)/b9-5-. The Morgan fingerprint density at radius 2 is 2.43 bits per heavy atom. The smallest absolute Gasteiger partial charge is 0.411 e. The molecule has 0 aromatic carbocycles. The molecule has 14 heavy (non-hydrogen) atoms. The van der Waals surface area contributed by atoms with Gasteiger partial charge in [0, 0.05) is 5.69 Å². The Morgan fingerprint density at radius 3 is 3.07 bits per heavy atom. The molecule has 72 valence electrons. The van der Waals surface area contributed by atoms with Gasteiger partial charge in [0.2, 0.25) is 0 Å². The predicted octanol–water partition coefficient (Wildman–Crippen LogP) is 1.47. The number of nitrogens with zero attached hydrogens (tertiary/aromatic N) is 1. The number of alkyl carbamates (subject to hydrolysis) is 1. The molecule has 1 saturated heterocycles. The van der Waals surface area contributed by atoms with Gasteiger partial charge in [-0.25, -0.2) is 4.79 Å². The fourth-order valence-corrected chi connectivity index (χ4v) is 1.25. The van der Waals surface area contributed by atoms with Crippen LogP contribution in [-0.2, 0) is 4.74 Å². The van der Waals surface area contributed by atoms with Crippen molar-refractivity contribution in [3.63, 3.8) is 0 Å². The number of hydrogen-bond acceptors (Lipinski definition) is 3. The average Bonchev–Trinajstić information content (AvgIpc) is 2.51. The highest BCUT2D eigenvalue weighted by molar-refractivity contribution is 5.74. The van der Waals surface area contributed by atoms with Gasteiger partial charge in [0.05, 0.1) is 11.4 Å². The number of nitrogens with one attached hydrogen (secondary N) is 1. The van der Waals surface area contributed by atoms with Crippen molar-refractivity contribution in [2.75, 3.05) is 6.61 Å². The van der Waals surface area contributed by atoms with E-state index in [1.165, 1.54) is 0 Å². The summed E-state index contributed by atoms with van der Waals surface area (Å²) in [4.78, 5) is 15.0. The van der Waals surface area contributed by atoms with Crippen LogP contribution in [-0.4, -0.2) is 17.7 Å². The summed E-state index contributed by atoms with van der Waals surface area (Å²) in [5.41, 5.74) is 2.52. The molecule has 1 N–H and O–H groups in total. The van der Waals surface area contributed by atoms with Crippen molar-refractivity contribution < 1.29 is 9.53 Å². The average molecular weight is 190 g/mol. The maximum absolute atomic E-state index is 10.7. The van der Waals surface area contributed by atoms with Gasteiger partial charge >= 0.3 is 6.09 Å². The number of aromatic nitrogens is 1. The number of hydrogen-bond donors (Lipinski definition) is 1.